The van der Waals surface area contributed by atoms with Crippen molar-refractivity contribution < 1.29 is 12.8 Å². The van der Waals surface area contributed by atoms with E-state index in [4.69, 9.17) is 9.68 Å². The van der Waals surface area contributed by atoms with Crippen molar-refractivity contribution in [1.29, 1.82) is 5.26 Å². The van der Waals surface area contributed by atoms with Gasteiger partial charge in [0.25, 0.3) is 0 Å². The molecule has 0 amide bonds. The minimum atomic E-state index is -3.81. The van der Waals surface area contributed by atoms with Crippen LogP contribution in [0.25, 0.3) is 11.1 Å². The number of oxazole rings is 1. The van der Waals surface area contributed by atoms with Gasteiger partial charge in [-0.25, -0.2) is 18.1 Å². The van der Waals surface area contributed by atoms with Crippen molar-refractivity contribution in [2.75, 3.05) is 0 Å². The van der Waals surface area contributed by atoms with Gasteiger partial charge < -0.3 is 4.42 Å². The van der Waals surface area contributed by atoms with Crippen molar-refractivity contribution in [3.05, 3.63) is 60.0 Å². The summed E-state index contributed by atoms with van der Waals surface area (Å²) in [6.07, 6.45) is 0. The average Bonchev–Trinajstić information content (AvgIpc) is 2.96. The summed E-state index contributed by atoms with van der Waals surface area (Å²) >= 11 is 0. The van der Waals surface area contributed by atoms with Crippen molar-refractivity contribution in [3.8, 4) is 6.07 Å². The summed E-state index contributed by atoms with van der Waals surface area (Å²) in [6, 6.07) is 15.0. The fourth-order valence-electron chi connectivity index (χ4n) is 2.02. The topological polar surface area (TPSA) is 96.0 Å². The predicted octanol–water partition coefficient (Wildman–Crippen LogP) is 2.18. The first kappa shape index (κ1) is 14.3. The second kappa shape index (κ2) is 5.60. The molecular formula is C15H11N3O3S. The molecule has 0 aliphatic carbocycles. The van der Waals surface area contributed by atoms with E-state index in [9.17, 15) is 8.42 Å². The quantitative estimate of drug-likeness (QED) is 0.796. The van der Waals surface area contributed by atoms with Crippen molar-refractivity contribution >= 4 is 21.1 Å². The Morgan fingerprint density at radius 3 is 2.64 bits per heavy atom. The second-order valence-electron chi connectivity index (χ2n) is 4.51. The molecule has 6 nitrogen and oxygen atoms in total. The zero-order chi connectivity index (χ0) is 15.6. The monoisotopic (exact) mass is 313 g/mol. The number of aromatic nitrogens is 1. The van der Waals surface area contributed by atoms with E-state index in [2.05, 4.69) is 9.71 Å². The Balaban J connectivity index is 1.84. The molecule has 1 heterocycles. The molecule has 7 heteroatoms. The Morgan fingerprint density at radius 2 is 1.86 bits per heavy atom. The van der Waals surface area contributed by atoms with Gasteiger partial charge >= 0.3 is 0 Å². The summed E-state index contributed by atoms with van der Waals surface area (Å²) in [5, 5.41) is 8.99. The van der Waals surface area contributed by atoms with Gasteiger partial charge in [-0.2, -0.15) is 5.26 Å². The van der Waals surface area contributed by atoms with Crippen molar-refractivity contribution in [3.63, 3.8) is 0 Å². The Morgan fingerprint density at radius 1 is 1.14 bits per heavy atom. The molecule has 2 aromatic carbocycles. The standard InChI is InChI=1S/C15H11N3O3S/c16-9-11-5-1-4-8-14(11)22(19,20)17-10-15-18-12-6-2-3-7-13(12)21-15/h1-8,17H,10H2. The average molecular weight is 313 g/mol. The highest BCUT2D eigenvalue weighted by Crippen LogP contribution is 2.17. The first-order chi connectivity index (χ1) is 10.6. The van der Waals surface area contributed by atoms with Gasteiger partial charge in [-0.05, 0) is 24.3 Å². The maximum absolute atomic E-state index is 12.3. The smallest absolute Gasteiger partial charge is 0.242 e. The predicted molar refractivity (Wildman–Crippen MR) is 79.2 cm³/mol. The van der Waals surface area contributed by atoms with E-state index in [1.165, 1.54) is 12.1 Å². The van der Waals surface area contributed by atoms with Crippen LogP contribution in [0.1, 0.15) is 11.5 Å². The molecule has 0 saturated heterocycles. The lowest BCUT2D eigenvalue weighted by Gasteiger charge is -2.06. The summed E-state index contributed by atoms with van der Waals surface area (Å²) < 4.78 is 32.4. The van der Waals surface area contributed by atoms with Gasteiger partial charge in [-0.3, -0.25) is 0 Å². The van der Waals surface area contributed by atoms with Crippen LogP contribution in [0, 0.1) is 11.3 Å². The van der Waals surface area contributed by atoms with E-state index in [1.54, 1.807) is 24.3 Å². The first-order valence-corrected chi connectivity index (χ1v) is 7.92. The van der Waals surface area contributed by atoms with E-state index < -0.39 is 10.0 Å². The molecule has 3 aromatic rings. The molecule has 0 bridgehead atoms. The molecule has 22 heavy (non-hydrogen) atoms. The van der Waals surface area contributed by atoms with Gasteiger partial charge in [-0.1, -0.05) is 24.3 Å². The minimum absolute atomic E-state index is 0.0615. The number of nitrogens with zero attached hydrogens (tertiary/aromatic N) is 2. The molecule has 0 aliphatic rings. The molecule has 110 valence electrons. The number of fused-ring (bicyclic) bond motifs is 1. The highest BCUT2D eigenvalue weighted by Gasteiger charge is 2.19. The molecule has 0 spiro atoms. The first-order valence-electron chi connectivity index (χ1n) is 6.43. The molecule has 0 radical (unpaired) electrons. The van der Waals surface area contributed by atoms with Crippen LogP contribution < -0.4 is 4.72 Å². The summed E-state index contributed by atoms with van der Waals surface area (Å²) in [6.45, 7) is -0.0865. The second-order valence-corrected chi connectivity index (χ2v) is 6.24. The minimum Gasteiger partial charge on any atom is -0.439 e. The lowest BCUT2D eigenvalue weighted by molar-refractivity contribution is 0.513. The number of nitrogens with one attached hydrogen (secondary N) is 1. The third kappa shape index (κ3) is 2.70. The van der Waals surface area contributed by atoms with Crippen LogP contribution >= 0.6 is 0 Å². The lowest BCUT2D eigenvalue weighted by Crippen LogP contribution is -2.24. The van der Waals surface area contributed by atoms with Crippen LogP contribution in [0.3, 0.4) is 0 Å². The summed E-state index contributed by atoms with van der Waals surface area (Å²) in [5.41, 5.74) is 1.34. The molecule has 0 saturated carbocycles. The summed E-state index contributed by atoms with van der Waals surface area (Å²) in [5.74, 6) is 0.263. The molecule has 0 unspecified atom stereocenters. The van der Waals surface area contributed by atoms with E-state index in [-0.39, 0.29) is 22.9 Å². The number of hydrogen-bond donors (Lipinski definition) is 1. The van der Waals surface area contributed by atoms with E-state index in [1.807, 2.05) is 18.2 Å². The number of benzene rings is 2. The number of para-hydroxylation sites is 2. The molecule has 1 N–H and O–H groups in total. The van der Waals surface area contributed by atoms with Gasteiger partial charge in [0, 0.05) is 0 Å². The van der Waals surface area contributed by atoms with Crippen LogP contribution in [-0.2, 0) is 16.6 Å². The van der Waals surface area contributed by atoms with Crippen LogP contribution in [0.5, 0.6) is 0 Å². The van der Waals surface area contributed by atoms with Crippen molar-refractivity contribution in [2.24, 2.45) is 0 Å². The highest BCUT2D eigenvalue weighted by molar-refractivity contribution is 7.89. The van der Waals surface area contributed by atoms with Gasteiger partial charge in [0.2, 0.25) is 15.9 Å². The number of nitriles is 1. The Hall–Kier alpha value is -2.69. The van der Waals surface area contributed by atoms with Crippen LogP contribution in [0.15, 0.2) is 57.8 Å². The van der Waals surface area contributed by atoms with Gasteiger partial charge in [-0.15, -0.1) is 0 Å². The third-order valence-corrected chi connectivity index (χ3v) is 4.51. The van der Waals surface area contributed by atoms with Gasteiger partial charge in [0.1, 0.15) is 11.6 Å². The summed E-state index contributed by atoms with van der Waals surface area (Å²) in [7, 11) is -3.81. The maximum Gasteiger partial charge on any atom is 0.242 e. The zero-order valence-electron chi connectivity index (χ0n) is 11.4. The van der Waals surface area contributed by atoms with Crippen molar-refractivity contribution in [2.45, 2.75) is 11.4 Å². The van der Waals surface area contributed by atoms with Gasteiger partial charge in [0.05, 0.1) is 17.0 Å². The third-order valence-electron chi connectivity index (χ3n) is 3.05. The van der Waals surface area contributed by atoms with E-state index in [0.717, 1.165) is 0 Å². The van der Waals surface area contributed by atoms with Crippen LogP contribution in [0.4, 0.5) is 0 Å². The molecular weight excluding hydrogens is 302 g/mol. The van der Waals surface area contributed by atoms with Gasteiger partial charge in [0.15, 0.2) is 5.58 Å². The molecule has 0 atom stereocenters. The van der Waals surface area contributed by atoms with E-state index >= 15 is 0 Å². The largest absolute Gasteiger partial charge is 0.439 e. The fraction of sp³-hybridized carbons (Fsp3) is 0.0667. The number of sulfonamides is 1. The van der Waals surface area contributed by atoms with E-state index in [0.29, 0.717) is 11.1 Å². The Bertz CT molecular complexity index is 938. The Kier molecular flexibility index (Phi) is 3.63. The highest BCUT2D eigenvalue weighted by atomic mass is 32.2. The number of hydrogen-bond acceptors (Lipinski definition) is 5. The van der Waals surface area contributed by atoms with Crippen LogP contribution in [-0.4, -0.2) is 13.4 Å². The normalized spacial score (nSPS) is 11.4. The zero-order valence-corrected chi connectivity index (χ0v) is 12.2. The lowest BCUT2D eigenvalue weighted by atomic mass is 10.2. The molecule has 1 aromatic heterocycles. The Labute approximate surface area is 127 Å². The molecule has 0 aliphatic heterocycles. The number of rotatable bonds is 4. The van der Waals surface area contributed by atoms with Crippen LogP contribution in [0.2, 0.25) is 0 Å². The SMILES string of the molecule is N#Cc1ccccc1S(=O)(=O)NCc1nc2ccccc2o1. The molecule has 0 fully saturated rings. The van der Waals surface area contributed by atoms with Crippen molar-refractivity contribution in [1.82, 2.24) is 9.71 Å². The maximum atomic E-state index is 12.3. The molecule has 3 rings (SSSR count). The summed E-state index contributed by atoms with van der Waals surface area (Å²) in [4.78, 5) is 4.13. The fourth-order valence-corrected chi connectivity index (χ4v) is 3.15.